The second-order valence-electron chi connectivity index (χ2n) is 6.74. The van der Waals surface area contributed by atoms with Gasteiger partial charge in [-0.1, -0.05) is 63.8 Å². The first-order valence-electron chi connectivity index (χ1n) is 9.23. The summed E-state index contributed by atoms with van der Waals surface area (Å²) < 4.78 is 47.8. The fraction of sp³-hybridized carbons (Fsp3) is 0.722. The van der Waals surface area contributed by atoms with Crippen molar-refractivity contribution in [2.75, 3.05) is 17.3 Å². The summed E-state index contributed by atoms with van der Waals surface area (Å²) >= 11 is 0. The van der Waals surface area contributed by atoms with Crippen LogP contribution < -0.4 is 5.48 Å². The van der Waals surface area contributed by atoms with Gasteiger partial charge in [-0.2, -0.15) is 0 Å². The third kappa shape index (κ3) is 9.03. The molecule has 1 unspecified atom stereocenters. The Kier molecular flexibility index (Phi) is 11.8. The number of hydrogen-bond donors (Lipinski definition) is 2. The molecule has 0 aliphatic carbocycles. The molecule has 27 heavy (non-hydrogen) atoms. The number of hydrogen-bond acceptors (Lipinski definition) is 6. The molecule has 0 aromatic carbocycles. The Balaban J connectivity index is 5.36. The van der Waals surface area contributed by atoms with E-state index >= 15 is 0 Å². The van der Waals surface area contributed by atoms with Crippen molar-refractivity contribution >= 4 is 25.6 Å². The molecule has 0 spiro atoms. The van der Waals surface area contributed by atoms with Crippen LogP contribution in [-0.4, -0.2) is 50.0 Å². The van der Waals surface area contributed by atoms with E-state index in [9.17, 15) is 21.6 Å². The third-order valence-corrected chi connectivity index (χ3v) is 8.45. The first-order chi connectivity index (χ1) is 12.6. The molecule has 0 heterocycles. The summed E-state index contributed by atoms with van der Waals surface area (Å²) in [6.45, 7) is 5.06. The first kappa shape index (κ1) is 25.8. The highest BCUT2D eigenvalue weighted by Gasteiger charge is 2.48. The maximum atomic E-state index is 12.7. The SMILES string of the molecule is CCCCC=CCS(=O)(=O)CC(C)(C(=O)NO)S(=O)(=O)CC=CCCCC. The number of allylic oxidation sites excluding steroid dienone is 2. The summed E-state index contributed by atoms with van der Waals surface area (Å²) in [7, 11) is -8.02. The number of hydroxylamine groups is 1. The van der Waals surface area contributed by atoms with Crippen LogP contribution in [0.15, 0.2) is 24.3 Å². The van der Waals surface area contributed by atoms with E-state index in [0.29, 0.717) is 6.42 Å². The Labute approximate surface area is 163 Å². The normalized spacial score (nSPS) is 15.3. The zero-order valence-electron chi connectivity index (χ0n) is 16.5. The summed E-state index contributed by atoms with van der Waals surface area (Å²) in [5.41, 5.74) is 1.30. The summed E-state index contributed by atoms with van der Waals surface area (Å²) in [6.07, 6.45) is 11.5. The molecular weight excluding hydrogens is 390 g/mol. The van der Waals surface area contributed by atoms with Crippen LogP contribution in [0, 0.1) is 0 Å². The lowest BCUT2D eigenvalue weighted by Gasteiger charge is -2.26. The molecule has 0 bridgehead atoms. The van der Waals surface area contributed by atoms with Crippen LogP contribution in [0.2, 0.25) is 0 Å². The van der Waals surface area contributed by atoms with Crippen LogP contribution >= 0.6 is 0 Å². The standard InChI is InChI=1S/C18H33NO6S2/c1-4-6-8-10-12-14-26(22,23)16-18(3,17(20)19-21)27(24,25)15-13-11-9-7-5-2/h10-13,21H,4-9,14-16H2,1-3H3,(H,19,20). The third-order valence-electron chi connectivity index (χ3n) is 4.21. The van der Waals surface area contributed by atoms with Crippen molar-refractivity contribution in [3.8, 4) is 0 Å². The van der Waals surface area contributed by atoms with Gasteiger partial charge in [0.25, 0.3) is 5.91 Å². The van der Waals surface area contributed by atoms with Gasteiger partial charge in [0.2, 0.25) is 0 Å². The zero-order valence-corrected chi connectivity index (χ0v) is 18.1. The Morgan fingerprint density at radius 1 is 0.926 bits per heavy atom. The molecule has 0 aliphatic rings. The van der Waals surface area contributed by atoms with Crippen LogP contribution in [0.25, 0.3) is 0 Å². The first-order valence-corrected chi connectivity index (χ1v) is 12.7. The molecule has 0 aliphatic heterocycles. The van der Waals surface area contributed by atoms with Gasteiger partial charge in [0.15, 0.2) is 24.4 Å². The van der Waals surface area contributed by atoms with E-state index in [2.05, 4.69) is 0 Å². The van der Waals surface area contributed by atoms with Gasteiger partial charge < -0.3 is 0 Å². The Hall–Kier alpha value is -1.19. The van der Waals surface area contributed by atoms with E-state index in [1.54, 1.807) is 12.2 Å². The minimum atomic E-state index is -4.15. The number of rotatable bonds is 14. The van der Waals surface area contributed by atoms with Gasteiger partial charge in [-0.15, -0.1) is 0 Å². The quantitative estimate of drug-likeness (QED) is 0.192. The average molecular weight is 424 g/mol. The van der Waals surface area contributed by atoms with Gasteiger partial charge in [-0.25, -0.2) is 22.3 Å². The lowest BCUT2D eigenvalue weighted by atomic mass is 10.2. The van der Waals surface area contributed by atoms with Gasteiger partial charge >= 0.3 is 0 Å². The molecule has 0 aromatic heterocycles. The fourth-order valence-electron chi connectivity index (χ4n) is 2.37. The summed E-state index contributed by atoms with van der Waals surface area (Å²) in [4.78, 5) is 12.1. The number of carbonyl (C=O) groups excluding carboxylic acids is 1. The predicted molar refractivity (Wildman–Crippen MR) is 108 cm³/mol. The van der Waals surface area contributed by atoms with Crippen molar-refractivity contribution in [3.63, 3.8) is 0 Å². The molecule has 1 amide bonds. The van der Waals surface area contributed by atoms with Crippen molar-refractivity contribution < 1.29 is 26.8 Å². The van der Waals surface area contributed by atoms with Crippen LogP contribution in [0.5, 0.6) is 0 Å². The number of carbonyl (C=O) groups is 1. The number of amides is 1. The lowest BCUT2D eigenvalue weighted by molar-refractivity contribution is -0.131. The average Bonchev–Trinajstić information content (AvgIpc) is 2.59. The van der Waals surface area contributed by atoms with Crippen LogP contribution in [0.1, 0.15) is 59.3 Å². The Morgan fingerprint density at radius 3 is 1.85 bits per heavy atom. The van der Waals surface area contributed by atoms with Crippen LogP contribution in [0.3, 0.4) is 0 Å². The Bertz CT molecular complexity index is 710. The molecule has 1 atom stereocenters. The van der Waals surface area contributed by atoms with E-state index in [-0.39, 0.29) is 5.75 Å². The van der Waals surface area contributed by atoms with Gasteiger partial charge in [0, 0.05) is 0 Å². The maximum Gasteiger partial charge on any atom is 0.265 e. The molecule has 0 rings (SSSR count). The zero-order chi connectivity index (χ0) is 21.0. The molecule has 0 saturated heterocycles. The van der Waals surface area contributed by atoms with Crippen molar-refractivity contribution in [1.29, 1.82) is 0 Å². The highest BCUT2D eigenvalue weighted by Crippen LogP contribution is 2.22. The molecular formula is C18H33NO6S2. The topological polar surface area (TPSA) is 118 Å². The molecule has 7 nitrogen and oxygen atoms in total. The van der Waals surface area contributed by atoms with Crippen molar-refractivity contribution in [2.45, 2.75) is 64.0 Å². The Morgan fingerprint density at radius 2 is 1.41 bits per heavy atom. The minimum Gasteiger partial charge on any atom is -0.289 e. The van der Waals surface area contributed by atoms with Gasteiger partial charge in [-0.05, 0) is 19.8 Å². The van der Waals surface area contributed by atoms with Crippen molar-refractivity contribution in [1.82, 2.24) is 5.48 Å². The predicted octanol–water partition coefficient (Wildman–Crippen LogP) is 2.57. The number of unbranched alkanes of at least 4 members (excludes halogenated alkanes) is 4. The fourth-order valence-corrected chi connectivity index (χ4v) is 6.23. The molecule has 0 aromatic rings. The largest absolute Gasteiger partial charge is 0.289 e. The van der Waals surface area contributed by atoms with E-state index in [1.165, 1.54) is 17.6 Å². The van der Waals surface area contributed by atoms with Crippen LogP contribution in [-0.2, 0) is 24.5 Å². The van der Waals surface area contributed by atoms with Crippen molar-refractivity contribution in [3.05, 3.63) is 24.3 Å². The number of nitrogens with one attached hydrogen (secondary N) is 1. The minimum absolute atomic E-state index is 0.354. The lowest BCUT2D eigenvalue weighted by Crippen LogP contribution is -2.54. The second kappa shape index (κ2) is 12.3. The smallest absolute Gasteiger partial charge is 0.265 e. The molecule has 9 heteroatoms. The summed E-state index contributed by atoms with van der Waals surface area (Å²) in [5.74, 6) is -2.96. The summed E-state index contributed by atoms with van der Waals surface area (Å²) in [5, 5.41) is 8.95. The molecule has 2 N–H and O–H groups in total. The number of sulfone groups is 2. The highest BCUT2D eigenvalue weighted by atomic mass is 32.2. The second-order valence-corrected chi connectivity index (χ2v) is 11.3. The van der Waals surface area contributed by atoms with Crippen molar-refractivity contribution in [2.24, 2.45) is 0 Å². The van der Waals surface area contributed by atoms with Gasteiger partial charge in [0.05, 0.1) is 17.3 Å². The monoisotopic (exact) mass is 423 g/mol. The van der Waals surface area contributed by atoms with Crippen LogP contribution in [0.4, 0.5) is 0 Å². The molecule has 158 valence electrons. The van der Waals surface area contributed by atoms with E-state index in [4.69, 9.17) is 5.21 Å². The molecule has 0 saturated carbocycles. The molecule has 0 radical (unpaired) electrons. The summed E-state index contributed by atoms with van der Waals surface area (Å²) in [6, 6.07) is 0. The van der Waals surface area contributed by atoms with E-state index in [0.717, 1.165) is 39.0 Å². The van der Waals surface area contributed by atoms with Gasteiger partial charge in [-0.3, -0.25) is 10.0 Å². The van der Waals surface area contributed by atoms with E-state index in [1.807, 2.05) is 13.8 Å². The molecule has 0 fully saturated rings. The highest BCUT2D eigenvalue weighted by molar-refractivity contribution is 7.96. The maximum absolute atomic E-state index is 12.7. The van der Waals surface area contributed by atoms with Gasteiger partial charge in [0.1, 0.15) is 0 Å². The van der Waals surface area contributed by atoms with E-state index < -0.39 is 41.8 Å².